The lowest BCUT2D eigenvalue weighted by Gasteiger charge is -2.06. The van der Waals surface area contributed by atoms with Gasteiger partial charge in [-0.15, -0.1) is 20.4 Å². The van der Waals surface area contributed by atoms with Crippen LogP contribution in [0.2, 0.25) is 0 Å². The molecule has 8 nitrogen and oxygen atoms in total. The Hall–Kier alpha value is -3.03. The van der Waals surface area contributed by atoms with Gasteiger partial charge in [-0.05, 0) is 43.2 Å². The number of aryl methyl sites for hydroxylation is 2. The molecule has 8 heteroatoms. The van der Waals surface area contributed by atoms with Gasteiger partial charge in [0.1, 0.15) is 5.75 Å². The minimum Gasteiger partial charge on any atom is -0.496 e. The summed E-state index contributed by atoms with van der Waals surface area (Å²) in [5.41, 5.74) is 1.89. The fourth-order valence-corrected chi connectivity index (χ4v) is 2.68. The predicted molar refractivity (Wildman–Crippen MR) is 106 cm³/mol. The van der Waals surface area contributed by atoms with Gasteiger partial charge in [0.05, 0.1) is 13.7 Å². The van der Waals surface area contributed by atoms with Crippen LogP contribution < -0.4 is 4.74 Å². The van der Waals surface area contributed by atoms with Crippen LogP contribution in [0, 0.1) is 0 Å². The van der Waals surface area contributed by atoms with Gasteiger partial charge in [-0.25, -0.2) is 0 Å². The Morgan fingerprint density at radius 3 is 2.75 bits per heavy atom. The van der Waals surface area contributed by atoms with E-state index in [9.17, 15) is 0 Å². The lowest BCUT2D eigenvalue weighted by atomic mass is 10.1. The van der Waals surface area contributed by atoms with Crippen LogP contribution in [0.4, 0.5) is 0 Å². The molecule has 1 aromatic carbocycles. The van der Waals surface area contributed by atoms with Crippen molar-refractivity contribution in [3.63, 3.8) is 0 Å². The second-order valence-electron chi connectivity index (χ2n) is 6.74. The molecule has 3 rings (SSSR count). The Bertz CT molecular complexity index is 928. The van der Waals surface area contributed by atoms with Crippen molar-refractivity contribution in [3.05, 3.63) is 41.6 Å². The summed E-state index contributed by atoms with van der Waals surface area (Å²) in [5.74, 6) is 3.06. The molecule has 0 N–H and O–H groups in total. The molecule has 0 aliphatic rings. The summed E-state index contributed by atoms with van der Waals surface area (Å²) in [7, 11) is 1.67. The number of rotatable bonds is 9. The zero-order valence-electron chi connectivity index (χ0n) is 16.8. The van der Waals surface area contributed by atoms with Crippen LogP contribution in [0.3, 0.4) is 0 Å². The summed E-state index contributed by atoms with van der Waals surface area (Å²) in [4.78, 5) is 1.57. The zero-order valence-corrected chi connectivity index (χ0v) is 16.8. The number of aromatic nitrogens is 6. The van der Waals surface area contributed by atoms with Crippen molar-refractivity contribution in [2.24, 2.45) is 0 Å². The summed E-state index contributed by atoms with van der Waals surface area (Å²) in [6.07, 6.45) is 6.78. The van der Waals surface area contributed by atoms with E-state index in [1.807, 2.05) is 39.0 Å². The number of benzene rings is 1. The summed E-state index contributed by atoms with van der Waals surface area (Å²) in [5, 5.41) is 20.6. The van der Waals surface area contributed by atoms with Gasteiger partial charge in [-0.3, -0.25) is 0 Å². The SMILES string of the molecule is CCn1nnc(-c2ccc(OC)c(/C=C/CCCc3nnc(C(C)C)o3)c2)n1. The molecule has 0 saturated carbocycles. The average Bonchev–Trinajstić information content (AvgIpc) is 3.37. The van der Waals surface area contributed by atoms with E-state index in [4.69, 9.17) is 9.15 Å². The van der Waals surface area contributed by atoms with Gasteiger partial charge in [0, 0.05) is 23.5 Å². The van der Waals surface area contributed by atoms with Crippen molar-refractivity contribution in [3.8, 4) is 17.1 Å². The highest BCUT2D eigenvalue weighted by Gasteiger charge is 2.10. The summed E-state index contributed by atoms with van der Waals surface area (Å²) >= 11 is 0. The highest BCUT2D eigenvalue weighted by Crippen LogP contribution is 2.26. The number of methoxy groups -OCH3 is 1. The molecule has 0 atom stereocenters. The molecule has 2 aromatic heterocycles. The molecule has 0 spiro atoms. The Kier molecular flexibility index (Phi) is 6.52. The Morgan fingerprint density at radius 2 is 2.07 bits per heavy atom. The van der Waals surface area contributed by atoms with Crippen molar-refractivity contribution < 1.29 is 9.15 Å². The third-order valence-corrected chi connectivity index (χ3v) is 4.26. The summed E-state index contributed by atoms with van der Waals surface area (Å²) in [6, 6.07) is 5.88. The van der Waals surface area contributed by atoms with Crippen molar-refractivity contribution in [1.29, 1.82) is 0 Å². The van der Waals surface area contributed by atoms with Gasteiger partial charge < -0.3 is 9.15 Å². The van der Waals surface area contributed by atoms with Crippen LogP contribution in [-0.2, 0) is 13.0 Å². The maximum absolute atomic E-state index is 5.63. The second kappa shape index (κ2) is 9.25. The van der Waals surface area contributed by atoms with E-state index in [0.717, 1.165) is 36.1 Å². The highest BCUT2D eigenvalue weighted by atomic mass is 16.5. The Labute approximate surface area is 164 Å². The number of tetrazole rings is 1. The molecular formula is C20H26N6O2. The second-order valence-corrected chi connectivity index (χ2v) is 6.74. The predicted octanol–water partition coefficient (Wildman–Crippen LogP) is 3.91. The Morgan fingerprint density at radius 1 is 1.21 bits per heavy atom. The van der Waals surface area contributed by atoms with Crippen LogP contribution in [0.1, 0.15) is 56.9 Å². The van der Waals surface area contributed by atoms with Gasteiger partial charge in [0.2, 0.25) is 17.6 Å². The third kappa shape index (κ3) is 4.82. The minimum absolute atomic E-state index is 0.259. The fraction of sp³-hybridized carbons (Fsp3) is 0.450. The number of hydrogen-bond acceptors (Lipinski definition) is 7. The fourth-order valence-electron chi connectivity index (χ4n) is 2.68. The van der Waals surface area contributed by atoms with Crippen LogP contribution in [-0.4, -0.2) is 37.5 Å². The quantitative estimate of drug-likeness (QED) is 0.518. The third-order valence-electron chi connectivity index (χ3n) is 4.26. The lowest BCUT2D eigenvalue weighted by molar-refractivity contribution is 0.414. The highest BCUT2D eigenvalue weighted by molar-refractivity contribution is 5.66. The first-order valence-electron chi connectivity index (χ1n) is 9.55. The number of unbranched alkanes of at least 4 members (excludes halogenated alkanes) is 1. The molecule has 3 aromatic rings. The largest absolute Gasteiger partial charge is 0.496 e. The number of hydrogen-bond donors (Lipinski definition) is 0. The number of nitrogens with zero attached hydrogens (tertiary/aromatic N) is 6. The van der Waals surface area contributed by atoms with E-state index < -0.39 is 0 Å². The van der Waals surface area contributed by atoms with Crippen molar-refractivity contribution >= 4 is 6.08 Å². The van der Waals surface area contributed by atoms with Crippen LogP contribution in [0.5, 0.6) is 5.75 Å². The first-order valence-corrected chi connectivity index (χ1v) is 9.55. The molecule has 0 fully saturated rings. The molecular weight excluding hydrogens is 356 g/mol. The molecule has 0 bridgehead atoms. The van der Waals surface area contributed by atoms with Crippen LogP contribution in [0.15, 0.2) is 28.7 Å². The van der Waals surface area contributed by atoms with Gasteiger partial charge in [-0.2, -0.15) is 4.80 Å². The van der Waals surface area contributed by atoms with E-state index in [1.54, 1.807) is 11.9 Å². The lowest BCUT2D eigenvalue weighted by Crippen LogP contribution is -1.98. The Balaban J connectivity index is 1.62. The maximum Gasteiger partial charge on any atom is 0.219 e. The smallest absolute Gasteiger partial charge is 0.219 e. The van der Waals surface area contributed by atoms with Crippen molar-refractivity contribution in [1.82, 2.24) is 30.4 Å². The van der Waals surface area contributed by atoms with Crippen molar-refractivity contribution in [2.45, 2.75) is 52.5 Å². The average molecular weight is 382 g/mol. The van der Waals surface area contributed by atoms with E-state index in [1.165, 1.54) is 0 Å². The number of allylic oxidation sites excluding steroid dienone is 1. The molecule has 28 heavy (non-hydrogen) atoms. The normalized spacial score (nSPS) is 11.6. The van der Waals surface area contributed by atoms with E-state index >= 15 is 0 Å². The van der Waals surface area contributed by atoms with Crippen LogP contribution >= 0.6 is 0 Å². The molecule has 0 unspecified atom stereocenters. The van der Waals surface area contributed by atoms with Gasteiger partial charge >= 0.3 is 0 Å². The van der Waals surface area contributed by atoms with E-state index in [0.29, 0.717) is 24.2 Å². The molecule has 0 amide bonds. The summed E-state index contributed by atoms with van der Waals surface area (Å²) in [6.45, 7) is 6.75. The van der Waals surface area contributed by atoms with Gasteiger partial charge in [0.15, 0.2) is 0 Å². The van der Waals surface area contributed by atoms with Crippen molar-refractivity contribution in [2.75, 3.05) is 7.11 Å². The standard InChI is InChI=1S/C20H26N6O2/c1-5-26-24-19(22-25-26)16-11-12-17(27-4)15(13-16)9-7-6-8-10-18-21-23-20(28-18)14(2)3/h7,9,11-14H,5-6,8,10H2,1-4H3/b9-7+. The molecule has 2 heterocycles. The first-order chi connectivity index (χ1) is 13.6. The van der Waals surface area contributed by atoms with Gasteiger partial charge in [-0.1, -0.05) is 26.0 Å². The monoisotopic (exact) mass is 382 g/mol. The zero-order chi connectivity index (χ0) is 19.9. The molecule has 0 radical (unpaired) electrons. The number of ether oxygens (including phenoxy) is 1. The maximum atomic E-state index is 5.63. The minimum atomic E-state index is 0.259. The molecule has 148 valence electrons. The van der Waals surface area contributed by atoms with Crippen LogP contribution in [0.25, 0.3) is 17.5 Å². The van der Waals surface area contributed by atoms with Gasteiger partial charge in [0.25, 0.3) is 0 Å². The summed E-state index contributed by atoms with van der Waals surface area (Å²) < 4.78 is 11.1. The van der Waals surface area contributed by atoms with E-state index in [2.05, 4.69) is 37.8 Å². The molecule has 0 aliphatic heterocycles. The van der Waals surface area contributed by atoms with E-state index in [-0.39, 0.29) is 5.92 Å². The topological polar surface area (TPSA) is 91.8 Å². The molecule has 0 saturated heterocycles. The molecule has 0 aliphatic carbocycles. The first kappa shape index (κ1) is 19.7.